The predicted octanol–water partition coefficient (Wildman–Crippen LogP) is 1.42. The summed E-state index contributed by atoms with van der Waals surface area (Å²) in [5, 5.41) is 6.98. The van der Waals surface area contributed by atoms with Crippen molar-refractivity contribution in [3.8, 4) is 5.75 Å². The number of nitrogens with one attached hydrogen (secondary N) is 1. The molecule has 0 aliphatic rings. The van der Waals surface area contributed by atoms with Gasteiger partial charge in [-0.15, -0.1) is 0 Å². The highest BCUT2D eigenvalue weighted by molar-refractivity contribution is 5.31. The van der Waals surface area contributed by atoms with Gasteiger partial charge in [-0.25, -0.2) is 4.98 Å². The van der Waals surface area contributed by atoms with Gasteiger partial charge in [-0.05, 0) is 17.7 Å². The quantitative estimate of drug-likeness (QED) is 0.835. The summed E-state index contributed by atoms with van der Waals surface area (Å²) in [5.41, 5.74) is 7.06. The normalized spacial score (nSPS) is 12.4. The third-order valence-electron chi connectivity index (χ3n) is 2.64. The van der Waals surface area contributed by atoms with Crippen molar-refractivity contribution in [2.75, 3.05) is 7.11 Å². The molecule has 1 aromatic heterocycles. The van der Waals surface area contributed by atoms with Crippen molar-refractivity contribution >= 4 is 0 Å². The van der Waals surface area contributed by atoms with Gasteiger partial charge in [-0.3, -0.25) is 5.10 Å². The van der Waals surface area contributed by atoms with Crippen molar-refractivity contribution in [1.29, 1.82) is 0 Å². The van der Waals surface area contributed by atoms with Gasteiger partial charge in [0.05, 0.1) is 13.2 Å². The molecule has 0 saturated carbocycles. The van der Waals surface area contributed by atoms with Gasteiger partial charge in [0, 0.05) is 6.42 Å². The molecule has 0 amide bonds. The molecule has 0 fully saturated rings. The first kappa shape index (κ1) is 11.6. The van der Waals surface area contributed by atoms with Gasteiger partial charge in [-0.2, -0.15) is 5.10 Å². The molecular formula is C12H16N4O. The van der Waals surface area contributed by atoms with Crippen molar-refractivity contribution in [2.45, 2.75) is 19.4 Å². The lowest BCUT2D eigenvalue weighted by atomic mass is 10.1. The van der Waals surface area contributed by atoms with E-state index in [-0.39, 0.29) is 6.04 Å². The maximum atomic E-state index is 6.09. The molecule has 0 bridgehead atoms. The molecule has 0 radical (unpaired) electrons. The zero-order valence-corrected chi connectivity index (χ0v) is 9.97. The molecule has 2 aromatic rings. The van der Waals surface area contributed by atoms with Crippen LogP contribution in [0.4, 0.5) is 0 Å². The average molecular weight is 232 g/mol. The molecule has 0 aliphatic heterocycles. The van der Waals surface area contributed by atoms with Crippen LogP contribution in [0.1, 0.15) is 30.2 Å². The third kappa shape index (κ3) is 2.45. The number of methoxy groups -OCH3 is 1. The second kappa shape index (κ2) is 4.97. The van der Waals surface area contributed by atoms with Crippen LogP contribution < -0.4 is 10.5 Å². The summed E-state index contributed by atoms with van der Waals surface area (Å²) in [5.74, 6) is 2.28. The van der Waals surface area contributed by atoms with E-state index in [0.717, 1.165) is 23.6 Å². The van der Waals surface area contributed by atoms with E-state index in [1.807, 2.05) is 31.2 Å². The molecule has 5 heteroatoms. The van der Waals surface area contributed by atoms with Crippen LogP contribution in [0.2, 0.25) is 0 Å². The van der Waals surface area contributed by atoms with Gasteiger partial charge in [0.1, 0.15) is 11.6 Å². The number of hydrogen-bond donors (Lipinski definition) is 2. The van der Waals surface area contributed by atoms with E-state index < -0.39 is 0 Å². The van der Waals surface area contributed by atoms with Crippen molar-refractivity contribution in [2.24, 2.45) is 5.73 Å². The maximum Gasteiger partial charge on any atom is 0.171 e. The van der Waals surface area contributed by atoms with E-state index in [9.17, 15) is 0 Å². The lowest BCUT2D eigenvalue weighted by Gasteiger charge is -2.08. The number of rotatable bonds is 4. The van der Waals surface area contributed by atoms with Crippen LogP contribution in [0.25, 0.3) is 0 Å². The highest BCUT2D eigenvalue weighted by Crippen LogP contribution is 2.19. The van der Waals surface area contributed by atoms with Crippen LogP contribution in [-0.4, -0.2) is 22.3 Å². The monoisotopic (exact) mass is 232 g/mol. The summed E-state index contributed by atoms with van der Waals surface area (Å²) >= 11 is 0. The van der Waals surface area contributed by atoms with E-state index in [4.69, 9.17) is 10.5 Å². The highest BCUT2D eigenvalue weighted by Gasteiger charge is 2.13. The molecule has 0 unspecified atom stereocenters. The van der Waals surface area contributed by atoms with E-state index in [1.165, 1.54) is 0 Å². The summed E-state index contributed by atoms with van der Waals surface area (Å²) in [6, 6.07) is 7.29. The Balaban J connectivity index is 2.20. The fourth-order valence-corrected chi connectivity index (χ4v) is 1.57. The van der Waals surface area contributed by atoms with E-state index in [0.29, 0.717) is 5.82 Å². The van der Waals surface area contributed by atoms with Crippen LogP contribution in [0, 0.1) is 0 Å². The smallest absolute Gasteiger partial charge is 0.171 e. The Morgan fingerprint density at radius 1 is 1.35 bits per heavy atom. The van der Waals surface area contributed by atoms with Crippen LogP contribution in [0.3, 0.4) is 0 Å². The van der Waals surface area contributed by atoms with Crippen molar-refractivity contribution in [1.82, 2.24) is 15.2 Å². The Hall–Kier alpha value is -1.88. The Kier molecular flexibility index (Phi) is 3.39. The lowest BCUT2D eigenvalue weighted by molar-refractivity contribution is 0.414. The number of aryl methyl sites for hydroxylation is 1. The number of aromatic amines is 1. The molecule has 2 rings (SSSR count). The first-order valence-corrected chi connectivity index (χ1v) is 5.55. The highest BCUT2D eigenvalue weighted by atomic mass is 16.5. The molecule has 1 atom stereocenters. The van der Waals surface area contributed by atoms with Crippen LogP contribution in [0.15, 0.2) is 24.3 Å². The number of benzene rings is 1. The average Bonchev–Trinajstić information content (AvgIpc) is 2.87. The maximum absolute atomic E-state index is 6.09. The Morgan fingerprint density at radius 3 is 2.59 bits per heavy atom. The van der Waals surface area contributed by atoms with E-state index in [1.54, 1.807) is 7.11 Å². The number of nitrogens with two attached hydrogens (primary N) is 1. The molecule has 0 aliphatic carbocycles. The van der Waals surface area contributed by atoms with Gasteiger partial charge in [0.25, 0.3) is 0 Å². The third-order valence-corrected chi connectivity index (χ3v) is 2.64. The molecular weight excluding hydrogens is 216 g/mol. The van der Waals surface area contributed by atoms with Crippen LogP contribution in [-0.2, 0) is 6.42 Å². The van der Waals surface area contributed by atoms with Crippen molar-refractivity contribution < 1.29 is 4.74 Å². The number of ether oxygens (including phenoxy) is 1. The number of hydrogen-bond acceptors (Lipinski definition) is 4. The zero-order chi connectivity index (χ0) is 12.3. The summed E-state index contributed by atoms with van der Waals surface area (Å²) < 4.78 is 5.10. The summed E-state index contributed by atoms with van der Waals surface area (Å²) in [6.07, 6.45) is 0.822. The summed E-state index contributed by atoms with van der Waals surface area (Å²) in [7, 11) is 1.64. The van der Waals surface area contributed by atoms with Crippen molar-refractivity contribution in [3.05, 3.63) is 41.5 Å². The number of H-pyrrole nitrogens is 1. The Bertz CT molecular complexity index is 478. The topological polar surface area (TPSA) is 76.8 Å². The number of aromatic nitrogens is 3. The first-order chi connectivity index (χ1) is 8.24. The summed E-state index contributed by atoms with van der Waals surface area (Å²) in [4.78, 5) is 4.32. The second-order valence-corrected chi connectivity index (χ2v) is 3.74. The standard InChI is InChI=1S/C12H16N4O/c1-3-10-14-12(16-15-10)11(13)8-4-6-9(17-2)7-5-8/h4-7,11H,3,13H2,1-2H3,(H,14,15,16)/t11-/m1/s1. The minimum absolute atomic E-state index is 0.308. The zero-order valence-electron chi connectivity index (χ0n) is 9.97. The minimum Gasteiger partial charge on any atom is -0.497 e. The molecule has 5 nitrogen and oxygen atoms in total. The van der Waals surface area contributed by atoms with Gasteiger partial charge >= 0.3 is 0 Å². The molecule has 90 valence electrons. The molecule has 17 heavy (non-hydrogen) atoms. The van der Waals surface area contributed by atoms with Crippen molar-refractivity contribution in [3.63, 3.8) is 0 Å². The SMILES string of the molecule is CCc1nc([C@H](N)c2ccc(OC)cc2)n[nH]1. The van der Waals surface area contributed by atoms with Gasteiger partial charge in [0.2, 0.25) is 0 Å². The fraction of sp³-hybridized carbons (Fsp3) is 0.333. The Labute approximate surface area is 100 Å². The van der Waals surface area contributed by atoms with Gasteiger partial charge in [-0.1, -0.05) is 19.1 Å². The lowest BCUT2D eigenvalue weighted by Crippen LogP contribution is -2.13. The van der Waals surface area contributed by atoms with E-state index >= 15 is 0 Å². The fourth-order valence-electron chi connectivity index (χ4n) is 1.57. The Morgan fingerprint density at radius 2 is 2.06 bits per heavy atom. The molecule has 0 spiro atoms. The van der Waals surface area contributed by atoms with Crippen LogP contribution >= 0.6 is 0 Å². The first-order valence-electron chi connectivity index (χ1n) is 5.55. The molecule has 1 aromatic carbocycles. The van der Waals surface area contributed by atoms with Gasteiger partial charge in [0.15, 0.2) is 5.82 Å². The molecule has 1 heterocycles. The summed E-state index contributed by atoms with van der Waals surface area (Å²) in [6.45, 7) is 2.02. The molecule has 0 saturated heterocycles. The van der Waals surface area contributed by atoms with Crippen LogP contribution in [0.5, 0.6) is 5.75 Å². The predicted molar refractivity (Wildman–Crippen MR) is 64.8 cm³/mol. The van der Waals surface area contributed by atoms with Gasteiger partial charge < -0.3 is 10.5 Å². The molecule has 3 N–H and O–H groups in total. The van der Waals surface area contributed by atoms with E-state index in [2.05, 4.69) is 15.2 Å². The second-order valence-electron chi connectivity index (χ2n) is 3.74. The minimum atomic E-state index is -0.308. The largest absolute Gasteiger partial charge is 0.497 e. The number of nitrogens with zero attached hydrogens (tertiary/aromatic N) is 2.